The summed E-state index contributed by atoms with van der Waals surface area (Å²) >= 11 is 0. The van der Waals surface area contributed by atoms with Crippen molar-refractivity contribution in [3.63, 3.8) is 0 Å². The van der Waals surface area contributed by atoms with Crippen molar-refractivity contribution in [1.82, 2.24) is 0 Å². The summed E-state index contributed by atoms with van der Waals surface area (Å²) in [7, 11) is 0. The average Bonchev–Trinajstić information content (AvgIpc) is 4.00. The molecule has 20 N–H and O–H groups in total. The van der Waals surface area contributed by atoms with Crippen molar-refractivity contribution >= 4 is 0 Å². The molecular weight excluding hydrogens is 928 g/mol. The molecule has 6 aliphatic rings. The summed E-state index contributed by atoms with van der Waals surface area (Å²) < 4.78 is 62.1. The first-order chi connectivity index (χ1) is 31.6. The van der Waals surface area contributed by atoms with E-state index in [9.17, 15) is 102 Å². The lowest BCUT2D eigenvalue weighted by Crippen LogP contribution is -2.63. The van der Waals surface area contributed by atoms with Crippen molar-refractivity contribution in [2.75, 3.05) is 72.7 Å². The molecule has 6 heterocycles. The topological polar surface area (TPSA) is 506 Å². The fourth-order valence-electron chi connectivity index (χ4n) is 8.66. The molecule has 25 atom stereocenters. The predicted octanol–water partition coefficient (Wildman–Crippen LogP) is -14.1. The van der Waals surface area contributed by atoms with Crippen LogP contribution >= 0.6 is 0 Å². The molecule has 0 aromatic rings. The van der Waals surface area contributed by atoms with E-state index >= 15 is 0 Å². The maximum Gasteiger partial charge on any atom is 0.224 e. The van der Waals surface area contributed by atoms with Crippen LogP contribution in [0.5, 0.6) is 0 Å². The van der Waals surface area contributed by atoms with Gasteiger partial charge in [-0.1, -0.05) is 0 Å². The van der Waals surface area contributed by atoms with Gasteiger partial charge in [0.1, 0.15) is 149 Å². The van der Waals surface area contributed by atoms with E-state index in [0.717, 1.165) is 0 Å². The number of hydrogen-bond donors (Lipinski definition) is 20. The second kappa shape index (κ2) is 21.5. The molecule has 0 spiro atoms. The summed E-state index contributed by atoms with van der Waals surface area (Å²) in [6, 6.07) is 0. The highest BCUT2D eigenvalue weighted by Gasteiger charge is 2.65. The quantitative estimate of drug-likeness (QED) is 0.0508. The van der Waals surface area contributed by atoms with Crippen molar-refractivity contribution in [2.24, 2.45) is 0 Å². The molecule has 31 heteroatoms. The van der Waals surface area contributed by atoms with Crippen LogP contribution in [0.3, 0.4) is 0 Å². The number of ether oxygens (including phenoxy) is 11. The Balaban J connectivity index is 1.27. The number of hydrogen-bond acceptors (Lipinski definition) is 31. The van der Waals surface area contributed by atoms with Gasteiger partial charge in [0.2, 0.25) is 28.9 Å². The van der Waals surface area contributed by atoms with Gasteiger partial charge in [-0.2, -0.15) is 0 Å². The second-order valence-electron chi connectivity index (χ2n) is 17.1. The Morgan fingerprint density at radius 1 is 0.313 bits per heavy atom. The van der Waals surface area contributed by atoms with Crippen LogP contribution in [0.15, 0.2) is 0 Å². The molecule has 0 aromatic carbocycles. The van der Waals surface area contributed by atoms with Gasteiger partial charge in [0, 0.05) is 0 Å². The van der Waals surface area contributed by atoms with Crippen LogP contribution < -0.4 is 0 Å². The lowest BCUT2D eigenvalue weighted by atomic mass is 9.98. The van der Waals surface area contributed by atoms with Crippen LogP contribution in [-0.4, -0.2) is 326 Å². The van der Waals surface area contributed by atoms with Crippen LogP contribution in [0.2, 0.25) is 0 Å². The van der Waals surface area contributed by atoms with Crippen molar-refractivity contribution < 1.29 is 154 Å². The van der Waals surface area contributed by atoms with Gasteiger partial charge in [-0.3, -0.25) is 0 Å². The number of aliphatic hydroxyl groups excluding tert-OH is 20. The predicted molar refractivity (Wildman–Crippen MR) is 199 cm³/mol. The normalized spacial score (nSPS) is 52.5. The number of aliphatic hydroxyl groups is 20. The molecule has 6 fully saturated rings. The lowest BCUT2D eigenvalue weighted by molar-refractivity contribution is -0.394. The maximum absolute atomic E-state index is 11.5. The summed E-state index contributed by atoms with van der Waals surface area (Å²) in [4.78, 5) is 0. The summed E-state index contributed by atoms with van der Waals surface area (Å²) in [5, 5.41) is 211. The van der Waals surface area contributed by atoms with E-state index in [-0.39, 0.29) is 0 Å². The summed E-state index contributed by atoms with van der Waals surface area (Å²) in [5.41, 5.74) is 0. The molecule has 0 bridgehead atoms. The first-order valence-corrected chi connectivity index (χ1v) is 21.0. The zero-order valence-corrected chi connectivity index (χ0v) is 35.3. The van der Waals surface area contributed by atoms with Crippen molar-refractivity contribution in [3.8, 4) is 0 Å². The fourth-order valence-corrected chi connectivity index (χ4v) is 8.66. The molecule has 0 aromatic heterocycles. The van der Waals surface area contributed by atoms with Crippen molar-refractivity contribution in [3.05, 3.63) is 0 Å². The van der Waals surface area contributed by atoms with E-state index in [4.69, 9.17) is 52.1 Å². The third-order valence-electron chi connectivity index (χ3n) is 12.9. The average molecular weight is 991 g/mol. The minimum atomic E-state index is -2.85. The lowest BCUT2D eigenvalue weighted by Gasteiger charge is -2.44. The Bertz CT molecular complexity index is 1590. The summed E-state index contributed by atoms with van der Waals surface area (Å²) in [6.45, 7) is -12.0. The van der Waals surface area contributed by atoms with Gasteiger partial charge < -0.3 is 154 Å². The van der Waals surface area contributed by atoms with Gasteiger partial charge in [0.25, 0.3) is 0 Å². The minimum Gasteiger partial charge on any atom is -0.394 e. The maximum atomic E-state index is 11.5. The Labute approximate surface area is 378 Å². The highest BCUT2D eigenvalue weighted by Crippen LogP contribution is 2.43. The molecule has 6 saturated heterocycles. The monoisotopic (exact) mass is 990 g/mol. The number of rotatable bonds is 21. The zero-order chi connectivity index (χ0) is 49.6. The first-order valence-electron chi connectivity index (χ1n) is 21.0. The van der Waals surface area contributed by atoms with E-state index in [1.54, 1.807) is 0 Å². The molecule has 0 saturated carbocycles. The molecule has 31 nitrogen and oxygen atoms in total. The Kier molecular flexibility index (Phi) is 17.6. The highest BCUT2D eigenvalue weighted by molar-refractivity contribution is 5.05. The van der Waals surface area contributed by atoms with E-state index < -0.39 is 224 Å². The first kappa shape index (κ1) is 55.1. The fraction of sp³-hybridized carbons (Fsp3) is 1.00. The van der Waals surface area contributed by atoms with Crippen LogP contribution in [-0.2, 0) is 52.1 Å². The van der Waals surface area contributed by atoms with E-state index in [0.29, 0.717) is 0 Å². The summed E-state index contributed by atoms with van der Waals surface area (Å²) in [6.07, 6.45) is -39.3. The summed E-state index contributed by atoms with van der Waals surface area (Å²) in [5.74, 6) is -13.5. The van der Waals surface area contributed by atoms with Crippen LogP contribution in [0.25, 0.3) is 0 Å². The highest BCUT2D eigenvalue weighted by atomic mass is 16.8. The second-order valence-corrected chi connectivity index (χ2v) is 17.1. The molecule has 0 radical (unpaired) electrons. The largest absolute Gasteiger partial charge is 0.394 e. The molecule has 6 aliphatic heterocycles. The standard InChI is InChI=1S/C36H62O31/c37-1-12-19(45)26(52)32(7-42,62-12)58-10-35(29(55)22(48)15(4-40)65-35)60-11-36(30(56)23(49)16(5-41)66-36)59-9-34(28(54)21(47)14(3-39)64-34)57-6-17-18(44)24(50)25(51)31(61-17)67-33(8-43)27(53)20(46)13(2-38)63-33/h12-31,37-56H,1-11H2/t12-,13+,14-,15-,16-,17+,18+,19-,20+,21-,22-,23-,24-,25+,26+,27-,28+,29+,30+,31+,32-,33-,34-,35-,36-/m0/s1. The van der Waals surface area contributed by atoms with Gasteiger partial charge in [-0.25, -0.2) is 0 Å². The van der Waals surface area contributed by atoms with Crippen LogP contribution in [0.4, 0.5) is 0 Å². The molecule has 67 heavy (non-hydrogen) atoms. The molecule has 0 unspecified atom stereocenters. The van der Waals surface area contributed by atoms with Gasteiger partial charge in [-0.05, 0) is 0 Å². The minimum absolute atomic E-state index is 0.875. The van der Waals surface area contributed by atoms with Gasteiger partial charge in [0.05, 0.1) is 39.6 Å². The van der Waals surface area contributed by atoms with Crippen molar-refractivity contribution in [2.45, 2.75) is 151 Å². The molecule has 6 rings (SSSR count). The van der Waals surface area contributed by atoms with E-state index in [1.165, 1.54) is 0 Å². The third-order valence-corrected chi connectivity index (χ3v) is 12.9. The Morgan fingerprint density at radius 3 is 0.955 bits per heavy atom. The molecular formula is C36H62O31. The molecule has 0 aliphatic carbocycles. The SMILES string of the molecule is OC[C@@H]1O[C@](CO)(OC[C@]2(OC[C@]3(OC[C@]4(OC[C@H]5O[C@H](O[C@]6(CO)O[C@H](CO)[C@@H](O)[C@@H]6O)[C@H](O)[C@@H](O)[C@@H]5O)O[C@@H](CO)[C@H](O)[C@H]4O)O[C@@H](CO)[C@H](O)[C@H]3O)O[C@@H](CO)[C@H](O)[C@H]2O)[C@H](O)[C@H]1O. The molecule has 0 amide bonds. The van der Waals surface area contributed by atoms with Gasteiger partial charge in [0.15, 0.2) is 6.29 Å². The van der Waals surface area contributed by atoms with Crippen molar-refractivity contribution in [1.29, 1.82) is 0 Å². The van der Waals surface area contributed by atoms with Gasteiger partial charge in [-0.15, -0.1) is 0 Å². The molecule has 392 valence electrons. The van der Waals surface area contributed by atoms with E-state index in [1.807, 2.05) is 0 Å². The Hall–Kier alpha value is -1.24. The Morgan fingerprint density at radius 2 is 0.612 bits per heavy atom. The van der Waals surface area contributed by atoms with Crippen LogP contribution in [0.1, 0.15) is 0 Å². The third kappa shape index (κ3) is 9.75. The smallest absolute Gasteiger partial charge is 0.224 e. The van der Waals surface area contributed by atoms with Gasteiger partial charge >= 0.3 is 0 Å². The van der Waals surface area contributed by atoms with Crippen LogP contribution in [0, 0.1) is 0 Å². The zero-order valence-electron chi connectivity index (χ0n) is 35.3. The van der Waals surface area contributed by atoms with E-state index in [2.05, 4.69) is 0 Å².